The number of hydrogen-bond donors (Lipinski definition) is 2. The van der Waals surface area contributed by atoms with Gasteiger partial charge >= 0.3 is 5.97 Å². The molecule has 18 heavy (non-hydrogen) atoms. The second kappa shape index (κ2) is 4.92. The van der Waals surface area contributed by atoms with Crippen molar-refractivity contribution in [1.82, 2.24) is 4.98 Å². The third-order valence-electron chi connectivity index (χ3n) is 2.03. The van der Waals surface area contributed by atoms with E-state index in [9.17, 15) is 9.59 Å². The van der Waals surface area contributed by atoms with E-state index in [1.165, 1.54) is 18.3 Å². The molecule has 0 aliphatic carbocycles. The SMILES string of the molecule is NC(=O)c1cccnc1Sc1ccc(C(=O)O)o1. The highest BCUT2D eigenvalue weighted by Crippen LogP contribution is 2.29. The zero-order valence-electron chi connectivity index (χ0n) is 8.99. The zero-order chi connectivity index (χ0) is 13.1. The minimum Gasteiger partial charge on any atom is -0.475 e. The molecule has 0 spiro atoms. The molecule has 0 radical (unpaired) electrons. The lowest BCUT2D eigenvalue weighted by atomic mass is 10.3. The molecule has 0 fully saturated rings. The number of carbonyl (C=O) groups excluding carboxylic acids is 1. The Morgan fingerprint density at radius 1 is 1.33 bits per heavy atom. The summed E-state index contributed by atoms with van der Waals surface area (Å²) in [4.78, 5) is 25.8. The summed E-state index contributed by atoms with van der Waals surface area (Å²) < 4.78 is 5.06. The van der Waals surface area contributed by atoms with Crippen LogP contribution in [0.2, 0.25) is 0 Å². The van der Waals surface area contributed by atoms with E-state index < -0.39 is 11.9 Å². The van der Waals surface area contributed by atoms with Crippen LogP contribution in [-0.2, 0) is 0 Å². The molecule has 2 heterocycles. The largest absolute Gasteiger partial charge is 0.475 e. The summed E-state index contributed by atoms with van der Waals surface area (Å²) in [6.07, 6.45) is 1.51. The molecule has 0 aliphatic heterocycles. The first-order valence-corrected chi connectivity index (χ1v) is 5.65. The van der Waals surface area contributed by atoms with Crippen LogP contribution in [0.15, 0.2) is 45.0 Å². The van der Waals surface area contributed by atoms with E-state index in [0.29, 0.717) is 10.1 Å². The first-order chi connectivity index (χ1) is 8.58. The van der Waals surface area contributed by atoms with E-state index in [-0.39, 0.29) is 11.3 Å². The van der Waals surface area contributed by atoms with Gasteiger partial charge in [0.2, 0.25) is 5.76 Å². The van der Waals surface area contributed by atoms with Gasteiger partial charge in [-0.25, -0.2) is 9.78 Å². The third-order valence-corrected chi connectivity index (χ3v) is 2.97. The van der Waals surface area contributed by atoms with E-state index in [2.05, 4.69) is 4.98 Å². The van der Waals surface area contributed by atoms with Crippen LogP contribution in [0, 0.1) is 0 Å². The van der Waals surface area contributed by atoms with Crippen molar-refractivity contribution < 1.29 is 19.1 Å². The summed E-state index contributed by atoms with van der Waals surface area (Å²) in [6.45, 7) is 0. The average molecular weight is 264 g/mol. The smallest absolute Gasteiger partial charge is 0.371 e. The van der Waals surface area contributed by atoms with E-state index >= 15 is 0 Å². The van der Waals surface area contributed by atoms with Crippen molar-refractivity contribution in [3.63, 3.8) is 0 Å². The summed E-state index contributed by atoms with van der Waals surface area (Å²) in [7, 11) is 0. The number of carboxylic acids is 1. The predicted octanol–water partition coefficient (Wildman–Crippen LogP) is 1.62. The molecular formula is C11H8N2O4S. The lowest BCUT2D eigenvalue weighted by Gasteiger charge is -2.02. The highest BCUT2D eigenvalue weighted by atomic mass is 32.2. The Morgan fingerprint density at radius 3 is 2.72 bits per heavy atom. The molecule has 92 valence electrons. The number of nitrogens with two attached hydrogens (primary N) is 1. The molecule has 2 aromatic heterocycles. The first kappa shape index (κ1) is 12.2. The monoisotopic (exact) mass is 264 g/mol. The van der Waals surface area contributed by atoms with Crippen molar-refractivity contribution in [2.24, 2.45) is 5.73 Å². The summed E-state index contributed by atoms with van der Waals surface area (Å²) in [5.41, 5.74) is 5.46. The molecule has 2 rings (SSSR count). The molecule has 0 unspecified atom stereocenters. The van der Waals surface area contributed by atoms with Gasteiger partial charge in [-0.2, -0.15) is 0 Å². The van der Waals surface area contributed by atoms with Crippen LogP contribution in [0.5, 0.6) is 0 Å². The van der Waals surface area contributed by atoms with Crippen molar-refractivity contribution in [2.75, 3.05) is 0 Å². The molecule has 2 aromatic rings. The van der Waals surface area contributed by atoms with Crippen LogP contribution in [0.4, 0.5) is 0 Å². The second-order valence-electron chi connectivity index (χ2n) is 3.25. The van der Waals surface area contributed by atoms with Crippen LogP contribution in [-0.4, -0.2) is 22.0 Å². The Balaban J connectivity index is 2.28. The minimum absolute atomic E-state index is 0.172. The Hall–Kier alpha value is -2.28. The maximum Gasteiger partial charge on any atom is 0.371 e. The van der Waals surface area contributed by atoms with Gasteiger partial charge in [-0.3, -0.25) is 4.79 Å². The van der Waals surface area contributed by atoms with E-state index in [0.717, 1.165) is 11.8 Å². The van der Waals surface area contributed by atoms with Gasteiger partial charge in [0.05, 0.1) is 5.56 Å². The van der Waals surface area contributed by atoms with Crippen LogP contribution in [0.3, 0.4) is 0 Å². The number of carboxylic acid groups (broad SMARTS) is 1. The summed E-state index contributed by atoms with van der Waals surface area (Å²) in [5, 5.41) is 9.41. The molecule has 0 bridgehead atoms. The molecule has 0 saturated carbocycles. The predicted molar refractivity (Wildman–Crippen MR) is 62.5 cm³/mol. The maximum absolute atomic E-state index is 11.2. The van der Waals surface area contributed by atoms with Crippen LogP contribution >= 0.6 is 11.8 Å². The topological polar surface area (TPSA) is 106 Å². The molecular weight excluding hydrogens is 256 g/mol. The fourth-order valence-corrected chi connectivity index (χ4v) is 2.10. The fraction of sp³-hybridized carbons (Fsp3) is 0. The Bertz CT molecular complexity index is 609. The highest BCUT2D eigenvalue weighted by Gasteiger charge is 2.14. The lowest BCUT2D eigenvalue weighted by Crippen LogP contribution is -2.12. The number of rotatable bonds is 4. The van der Waals surface area contributed by atoms with Crippen molar-refractivity contribution in [3.05, 3.63) is 41.8 Å². The van der Waals surface area contributed by atoms with Crippen LogP contribution in [0.25, 0.3) is 0 Å². The maximum atomic E-state index is 11.2. The Kier molecular flexibility index (Phi) is 3.33. The second-order valence-corrected chi connectivity index (χ2v) is 4.24. The van der Waals surface area contributed by atoms with Crippen molar-refractivity contribution in [3.8, 4) is 0 Å². The highest BCUT2D eigenvalue weighted by molar-refractivity contribution is 7.99. The van der Waals surface area contributed by atoms with E-state index in [1.807, 2.05) is 0 Å². The van der Waals surface area contributed by atoms with Gasteiger partial charge in [-0.05, 0) is 36.0 Å². The molecule has 0 aromatic carbocycles. The normalized spacial score (nSPS) is 10.2. The molecule has 3 N–H and O–H groups in total. The number of hydrogen-bond acceptors (Lipinski definition) is 5. The molecule has 1 amide bonds. The third kappa shape index (κ3) is 2.51. The van der Waals surface area contributed by atoms with Gasteiger partial charge in [0.15, 0.2) is 5.09 Å². The van der Waals surface area contributed by atoms with Crippen LogP contribution in [0.1, 0.15) is 20.9 Å². The molecule has 0 aliphatic rings. The minimum atomic E-state index is -1.15. The zero-order valence-corrected chi connectivity index (χ0v) is 9.81. The molecule has 6 nitrogen and oxygen atoms in total. The van der Waals surface area contributed by atoms with Crippen LogP contribution < -0.4 is 5.73 Å². The van der Waals surface area contributed by atoms with E-state index in [4.69, 9.17) is 15.3 Å². The number of aromatic nitrogens is 1. The van der Waals surface area contributed by atoms with Crippen molar-refractivity contribution >= 4 is 23.6 Å². The van der Waals surface area contributed by atoms with E-state index in [1.54, 1.807) is 12.1 Å². The molecule has 0 atom stereocenters. The number of nitrogens with zero attached hydrogens (tertiary/aromatic N) is 1. The average Bonchev–Trinajstić information content (AvgIpc) is 2.78. The number of primary amides is 1. The van der Waals surface area contributed by atoms with Gasteiger partial charge in [-0.1, -0.05) is 0 Å². The van der Waals surface area contributed by atoms with Crippen molar-refractivity contribution in [1.29, 1.82) is 0 Å². The fourth-order valence-electron chi connectivity index (χ4n) is 1.24. The number of pyridine rings is 1. The number of amides is 1. The number of carbonyl (C=O) groups is 2. The van der Waals surface area contributed by atoms with Gasteiger partial charge in [-0.15, -0.1) is 0 Å². The summed E-state index contributed by atoms with van der Waals surface area (Å²) >= 11 is 1.04. The molecule has 7 heteroatoms. The number of aromatic carboxylic acids is 1. The van der Waals surface area contributed by atoms with Gasteiger partial charge < -0.3 is 15.3 Å². The Morgan fingerprint density at radius 2 is 2.11 bits per heavy atom. The Labute approximate surface area is 106 Å². The van der Waals surface area contributed by atoms with Gasteiger partial charge in [0.1, 0.15) is 5.03 Å². The quantitative estimate of drug-likeness (QED) is 0.869. The first-order valence-electron chi connectivity index (χ1n) is 4.83. The standard InChI is InChI=1S/C11H8N2O4S/c12-9(14)6-2-1-5-13-10(6)18-8-4-3-7(17-8)11(15)16/h1-5H,(H2,12,14)(H,15,16). The summed E-state index contributed by atoms with van der Waals surface area (Å²) in [6, 6.07) is 5.96. The molecule has 0 saturated heterocycles. The van der Waals surface area contributed by atoms with Gasteiger partial charge in [0.25, 0.3) is 5.91 Å². The number of furan rings is 1. The summed E-state index contributed by atoms with van der Waals surface area (Å²) in [5.74, 6) is -1.93. The van der Waals surface area contributed by atoms with Crippen molar-refractivity contribution in [2.45, 2.75) is 10.1 Å². The van der Waals surface area contributed by atoms with Gasteiger partial charge in [0, 0.05) is 6.20 Å². The lowest BCUT2D eigenvalue weighted by molar-refractivity contribution is 0.0656.